The fraction of sp³-hybridized carbons (Fsp3) is 0.267. The molecule has 0 atom stereocenters. The summed E-state index contributed by atoms with van der Waals surface area (Å²) in [7, 11) is 0. The molecule has 0 spiro atoms. The summed E-state index contributed by atoms with van der Waals surface area (Å²) in [5.74, 6) is -0.254. The molecule has 20 heavy (non-hydrogen) atoms. The third-order valence-electron chi connectivity index (χ3n) is 3.46. The van der Waals surface area contributed by atoms with Crippen LogP contribution in [0.25, 0.3) is 0 Å². The van der Waals surface area contributed by atoms with Crippen LogP contribution in [0.3, 0.4) is 0 Å². The zero-order chi connectivity index (χ0) is 13.9. The monoisotopic (exact) mass is 290 g/mol. The van der Waals surface area contributed by atoms with Gasteiger partial charge in [0.1, 0.15) is 0 Å². The van der Waals surface area contributed by atoms with E-state index in [2.05, 4.69) is 10.2 Å². The molecule has 1 amide bonds. The minimum absolute atomic E-state index is 0.112. The van der Waals surface area contributed by atoms with E-state index in [0.29, 0.717) is 5.56 Å². The molecule has 1 fully saturated rings. The number of rotatable bonds is 3. The third kappa shape index (κ3) is 2.51. The zero-order valence-corrected chi connectivity index (χ0v) is 11.7. The SMILES string of the molecule is O=C(Nc1ccccc1N1CCCC1)c1ccoc1Cl. The van der Waals surface area contributed by atoms with Gasteiger partial charge in [-0.05, 0) is 42.6 Å². The molecule has 2 aromatic rings. The standard InChI is InChI=1S/C15H15ClN2O2/c16-14-11(7-10-20-14)15(19)17-12-5-1-2-6-13(12)18-8-3-4-9-18/h1-2,5-7,10H,3-4,8-9H2,(H,17,19). The maximum Gasteiger partial charge on any atom is 0.260 e. The summed E-state index contributed by atoms with van der Waals surface area (Å²) in [5.41, 5.74) is 2.21. The van der Waals surface area contributed by atoms with Crippen LogP contribution in [0.2, 0.25) is 5.22 Å². The van der Waals surface area contributed by atoms with Gasteiger partial charge in [0.05, 0.1) is 23.2 Å². The predicted molar refractivity (Wildman–Crippen MR) is 79.6 cm³/mol. The fourth-order valence-electron chi connectivity index (χ4n) is 2.46. The zero-order valence-electron chi connectivity index (χ0n) is 10.9. The van der Waals surface area contributed by atoms with Gasteiger partial charge in [0.15, 0.2) is 0 Å². The topological polar surface area (TPSA) is 45.5 Å². The summed E-state index contributed by atoms with van der Waals surface area (Å²) in [6, 6.07) is 9.38. The Morgan fingerprint density at radius 1 is 1.20 bits per heavy atom. The minimum Gasteiger partial charge on any atom is -0.452 e. The number of nitrogens with zero attached hydrogens (tertiary/aromatic N) is 1. The Morgan fingerprint density at radius 3 is 2.65 bits per heavy atom. The lowest BCUT2D eigenvalue weighted by Crippen LogP contribution is -2.21. The highest BCUT2D eigenvalue weighted by molar-refractivity contribution is 6.32. The van der Waals surface area contributed by atoms with Crippen LogP contribution in [-0.4, -0.2) is 19.0 Å². The van der Waals surface area contributed by atoms with Crippen LogP contribution < -0.4 is 10.2 Å². The summed E-state index contributed by atoms with van der Waals surface area (Å²) >= 11 is 5.83. The molecule has 0 aliphatic carbocycles. The maximum absolute atomic E-state index is 12.2. The van der Waals surface area contributed by atoms with Crippen molar-refractivity contribution in [3.8, 4) is 0 Å². The average Bonchev–Trinajstić information content (AvgIpc) is 3.10. The second-order valence-corrected chi connectivity index (χ2v) is 5.12. The first-order valence-corrected chi connectivity index (χ1v) is 7.02. The highest BCUT2D eigenvalue weighted by Crippen LogP contribution is 2.29. The van der Waals surface area contributed by atoms with Gasteiger partial charge in [-0.1, -0.05) is 12.1 Å². The molecule has 0 saturated carbocycles. The van der Waals surface area contributed by atoms with Gasteiger partial charge in [-0.25, -0.2) is 0 Å². The minimum atomic E-state index is -0.254. The van der Waals surface area contributed by atoms with Crippen LogP contribution in [0.1, 0.15) is 23.2 Å². The molecule has 3 rings (SSSR count). The number of hydrogen-bond acceptors (Lipinski definition) is 3. The van der Waals surface area contributed by atoms with Gasteiger partial charge in [0, 0.05) is 13.1 Å². The second-order valence-electron chi connectivity index (χ2n) is 4.77. The van der Waals surface area contributed by atoms with E-state index in [4.69, 9.17) is 16.0 Å². The van der Waals surface area contributed by atoms with Crippen molar-refractivity contribution in [1.29, 1.82) is 0 Å². The first-order chi connectivity index (χ1) is 9.75. The summed E-state index contributed by atoms with van der Waals surface area (Å²) in [6.07, 6.45) is 3.79. The lowest BCUT2D eigenvalue weighted by atomic mass is 10.2. The number of benzene rings is 1. The van der Waals surface area contributed by atoms with Crippen molar-refractivity contribution in [2.45, 2.75) is 12.8 Å². The van der Waals surface area contributed by atoms with Gasteiger partial charge < -0.3 is 14.6 Å². The molecule has 0 unspecified atom stereocenters. The van der Waals surface area contributed by atoms with E-state index >= 15 is 0 Å². The molecular weight excluding hydrogens is 276 g/mol. The van der Waals surface area contributed by atoms with Crippen molar-refractivity contribution in [3.05, 3.63) is 47.4 Å². The van der Waals surface area contributed by atoms with Gasteiger partial charge >= 0.3 is 0 Å². The number of para-hydroxylation sites is 2. The molecule has 5 heteroatoms. The van der Waals surface area contributed by atoms with E-state index in [0.717, 1.165) is 24.5 Å². The van der Waals surface area contributed by atoms with Crippen LogP contribution in [0.4, 0.5) is 11.4 Å². The second kappa shape index (κ2) is 5.59. The van der Waals surface area contributed by atoms with E-state index in [9.17, 15) is 4.79 Å². The predicted octanol–water partition coefficient (Wildman–Crippen LogP) is 3.79. The average molecular weight is 291 g/mol. The van der Waals surface area contributed by atoms with Gasteiger partial charge in [0.25, 0.3) is 5.91 Å². The number of anilines is 2. The summed E-state index contributed by atoms with van der Waals surface area (Å²) in [6.45, 7) is 2.05. The number of hydrogen-bond donors (Lipinski definition) is 1. The highest BCUT2D eigenvalue weighted by atomic mass is 35.5. The van der Waals surface area contributed by atoms with E-state index in [1.807, 2.05) is 24.3 Å². The van der Waals surface area contributed by atoms with Crippen molar-refractivity contribution in [2.75, 3.05) is 23.3 Å². The van der Waals surface area contributed by atoms with Gasteiger partial charge in [-0.15, -0.1) is 0 Å². The molecule has 1 aliphatic rings. The lowest BCUT2D eigenvalue weighted by molar-refractivity contribution is 0.102. The largest absolute Gasteiger partial charge is 0.452 e. The summed E-state index contributed by atoms with van der Waals surface area (Å²) in [4.78, 5) is 14.5. The molecule has 1 aliphatic heterocycles. The Morgan fingerprint density at radius 2 is 1.95 bits per heavy atom. The van der Waals surface area contributed by atoms with Crippen LogP contribution >= 0.6 is 11.6 Å². The van der Waals surface area contributed by atoms with Crippen molar-refractivity contribution in [2.24, 2.45) is 0 Å². The Balaban J connectivity index is 1.84. The van der Waals surface area contributed by atoms with Crippen LogP contribution in [-0.2, 0) is 0 Å². The molecule has 1 N–H and O–H groups in total. The number of carbonyl (C=O) groups is 1. The molecular formula is C15H15ClN2O2. The van der Waals surface area contributed by atoms with Crippen molar-refractivity contribution in [3.63, 3.8) is 0 Å². The number of amides is 1. The van der Waals surface area contributed by atoms with Gasteiger partial charge in [-0.2, -0.15) is 0 Å². The normalized spacial score (nSPS) is 14.6. The lowest BCUT2D eigenvalue weighted by Gasteiger charge is -2.21. The molecule has 1 aromatic carbocycles. The van der Waals surface area contributed by atoms with Gasteiger partial charge in [-0.3, -0.25) is 4.79 Å². The Kier molecular flexibility index (Phi) is 3.65. The van der Waals surface area contributed by atoms with E-state index in [1.165, 1.54) is 19.1 Å². The van der Waals surface area contributed by atoms with E-state index < -0.39 is 0 Å². The summed E-state index contributed by atoms with van der Waals surface area (Å²) in [5, 5.41) is 3.02. The van der Waals surface area contributed by atoms with Crippen molar-refractivity contribution in [1.82, 2.24) is 0 Å². The molecule has 0 radical (unpaired) electrons. The first kappa shape index (κ1) is 13.1. The summed E-state index contributed by atoms with van der Waals surface area (Å²) < 4.78 is 4.95. The van der Waals surface area contributed by atoms with Crippen molar-refractivity contribution >= 4 is 28.9 Å². The maximum atomic E-state index is 12.2. The number of nitrogens with one attached hydrogen (secondary N) is 1. The molecule has 4 nitrogen and oxygen atoms in total. The molecule has 0 bridgehead atoms. The fourth-order valence-corrected chi connectivity index (χ4v) is 2.66. The number of furan rings is 1. The van der Waals surface area contributed by atoms with E-state index in [-0.39, 0.29) is 11.1 Å². The highest BCUT2D eigenvalue weighted by Gasteiger charge is 2.18. The third-order valence-corrected chi connectivity index (χ3v) is 3.75. The Labute approximate surface area is 122 Å². The molecule has 1 aromatic heterocycles. The molecule has 2 heterocycles. The van der Waals surface area contributed by atoms with Gasteiger partial charge in [0.2, 0.25) is 5.22 Å². The Hall–Kier alpha value is -1.94. The van der Waals surface area contributed by atoms with E-state index in [1.54, 1.807) is 6.07 Å². The number of halogens is 1. The number of carbonyl (C=O) groups excluding carboxylic acids is 1. The first-order valence-electron chi connectivity index (χ1n) is 6.64. The molecule has 104 valence electrons. The van der Waals surface area contributed by atoms with Crippen LogP contribution in [0.5, 0.6) is 0 Å². The quantitative estimate of drug-likeness (QED) is 0.935. The smallest absolute Gasteiger partial charge is 0.260 e. The van der Waals surface area contributed by atoms with Crippen molar-refractivity contribution < 1.29 is 9.21 Å². The Bertz CT molecular complexity index is 618. The molecule has 1 saturated heterocycles. The van der Waals surface area contributed by atoms with Crippen LogP contribution in [0, 0.1) is 0 Å². The van der Waals surface area contributed by atoms with Crippen LogP contribution in [0.15, 0.2) is 41.0 Å².